The summed E-state index contributed by atoms with van der Waals surface area (Å²) in [6.07, 6.45) is 5.97. The molecule has 0 N–H and O–H groups in total. The summed E-state index contributed by atoms with van der Waals surface area (Å²) in [5, 5.41) is 0. The number of sulfonamides is 1. The van der Waals surface area contributed by atoms with Crippen LogP contribution in [0.2, 0.25) is 0 Å². The van der Waals surface area contributed by atoms with E-state index >= 15 is 0 Å². The lowest BCUT2D eigenvalue weighted by Gasteiger charge is -2.40. The molecule has 1 aliphatic heterocycles. The van der Waals surface area contributed by atoms with Crippen molar-refractivity contribution in [1.82, 2.24) is 4.31 Å². The number of fused-ring (bicyclic) bond motifs is 1. The van der Waals surface area contributed by atoms with Crippen LogP contribution in [0.1, 0.15) is 63.9 Å². The number of hydrogen-bond donors (Lipinski definition) is 0. The minimum Gasteiger partial charge on any atom is -0.356 e. The summed E-state index contributed by atoms with van der Waals surface area (Å²) in [4.78, 5) is 13.2. The van der Waals surface area contributed by atoms with Crippen LogP contribution in [0.15, 0.2) is 29.2 Å². The van der Waals surface area contributed by atoms with Gasteiger partial charge in [-0.1, -0.05) is 37.0 Å². The third-order valence-electron chi connectivity index (χ3n) is 6.66. The third-order valence-corrected chi connectivity index (χ3v) is 8.54. The zero-order valence-electron chi connectivity index (χ0n) is 16.2. The summed E-state index contributed by atoms with van der Waals surface area (Å²) in [7, 11) is -3.73. The van der Waals surface area contributed by atoms with Crippen molar-refractivity contribution in [3.05, 3.63) is 29.8 Å². The molecular weight excluding hydrogens is 362 g/mol. The predicted molar refractivity (Wildman–Crippen MR) is 103 cm³/mol. The number of carbonyl (C=O) groups excluding carboxylic acids is 1. The Morgan fingerprint density at radius 3 is 2.48 bits per heavy atom. The van der Waals surface area contributed by atoms with E-state index in [4.69, 9.17) is 4.74 Å². The van der Waals surface area contributed by atoms with E-state index in [1.54, 1.807) is 16.4 Å². The highest BCUT2D eigenvalue weighted by Crippen LogP contribution is 2.48. The molecule has 1 saturated heterocycles. The van der Waals surface area contributed by atoms with Gasteiger partial charge in [0.25, 0.3) is 0 Å². The van der Waals surface area contributed by atoms with Crippen LogP contribution in [0.3, 0.4) is 0 Å². The van der Waals surface area contributed by atoms with Gasteiger partial charge in [0, 0.05) is 6.42 Å². The minimum atomic E-state index is -3.73. The topological polar surface area (TPSA) is 63.7 Å². The quantitative estimate of drug-likeness (QED) is 0.786. The second-order valence-electron chi connectivity index (χ2n) is 8.57. The molecule has 6 heteroatoms. The van der Waals surface area contributed by atoms with Crippen LogP contribution in [-0.2, 0) is 19.6 Å². The molecule has 0 aromatic heterocycles. The Kier molecular flexibility index (Phi) is 4.93. The van der Waals surface area contributed by atoms with Crippen LogP contribution < -0.4 is 0 Å². The van der Waals surface area contributed by atoms with E-state index in [-0.39, 0.29) is 17.9 Å². The summed E-state index contributed by atoms with van der Waals surface area (Å²) >= 11 is 0. The van der Waals surface area contributed by atoms with Crippen LogP contribution in [0.4, 0.5) is 0 Å². The molecule has 0 spiro atoms. The van der Waals surface area contributed by atoms with Crippen molar-refractivity contribution in [2.45, 2.75) is 88.5 Å². The molecule has 0 radical (unpaired) electrons. The van der Waals surface area contributed by atoms with E-state index in [1.807, 2.05) is 26.0 Å². The molecule has 0 bridgehead atoms. The summed E-state index contributed by atoms with van der Waals surface area (Å²) in [5.74, 6) is 0.140. The van der Waals surface area contributed by atoms with Crippen molar-refractivity contribution in [2.24, 2.45) is 5.41 Å². The fourth-order valence-electron chi connectivity index (χ4n) is 4.96. The number of aryl methyl sites for hydroxylation is 1. The monoisotopic (exact) mass is 391 g/mol. The second-order valence-corrected chi connectivity index (χ2v) is 10.4. The van der Waals surface area contributed by atoms with Crippen molar-refractivity contribution in [2.75, 3.05) is 0 Å². The van der Waals surface area contributed by atoms with Gasteiger partial charge in [0.05, 0.1) is 22.5 Å². The molecule has 3 fully saturated rings. The third kappa shape index (κ3) is 3.15. The van der Waals surface area contributed by atoms with Crippen LogP contribution in [0.25, 0.3) is 0 Å². The fraction of sp³-hybridized carbons (Fsp3) is 0.667. The van der Waals surface area contributed by atoms with E-state index in [0.717, 1.165) is 44.1 Å². The van der Waals surface area contributed by atoms with Crippen LogP contribution in [-0.4, -0.2) is 36.9 Å². The number of carbonyl (C=O) groups is 1. The van der Waals surface area contributed by atoms with E-state index in [1.165, 1.54) is 0 Å². The lowest BCUT2D eigenvalue weighted by atomic mass is 9.73. The van der Waals surface area contributed by atoms with Crippen molar-refractivity contribution >= 4 is 15.8 Å². The van der Waals surface area contributed by atoms with Crippen molar-refractivity contribution in [1.29, 1.82) is 0 Å². The lowest BCUT2D eigenvalue weighted by Crippen LogP contribution is -2.53. The molecule has 4 rings (SSSR count). The minimum absolute atomic E-state index is 0.101. The van der Waals surface area contributed by atoms with Gasteiger partial charge < -0.3 is 4.74 Å². The summed E-state index contributed by atoms with van der Waals surface area (Å²) in [6.45, 7) is 3.85. The van der Waals surface area contributed by atoms with Gasteiger partial charge in [-0.25, -0.2) is 8.42 Å². The molecule has 27 heavy (non-hydrogen) atoms. The number of rotatable bonds is 3. The first-order valence-corrected chi connectivity index (χ1v) is 11.6. The molecule has 0 amide bonds. The Hall–Kier alpha value is -1.24. The predicted octanol–water partition coefficient (Wildman–Crippen LogP) is 3.80. The first-order valence-electron chi connectivity index (χ1n) is 10.1. The Bertz CT molecular complexity index is 819. The smallest absolute Gasteiger partial charge is 0.245 e. The SMILES string of the molecule is Cc1ccc(S(=O)(=O)N2[C@@H]3CCCC[C@@H]3O[C@@H]2[C@@]2(C)CCCCC2=O)cc1. The molecule has 148 valence electrons. The van der Waals surface area contributed by atoms with Gasteiger partial charge in [-0.05, 0) is 51.7 Å². The Balaban J connectivity index is 1.78. The molecule has 3 aliphatic rings. The highest BCUT2D eigenvalue weighted by molar-refractivity contribution is 7.89. The molecule has 2 saturated carbocycles. The standard InChI is InChI=1S/C21H29NO4S/c1-15-10-12-16(13-11-15)27(24,25)22-17-7-3-4-8-18(17)26-20(22)21(2)14-6-5-9-19(21)23/h10-13,17-18,20H,3-9,14H2,1-2H3/t17-,18+,20-,21+/m1/s1. The molecule has 2 aliphatic carbocycles. The highest BCUT2D eigenvalue weighted by atomic mass is 32.2. The number of Topliss-reactive ketones (excluding diaryl/α,β-unsaturated/α-hetero) is 1. The average molecular weight is 392 g/mol. The summed E-state index contributed by atoms with van der Waals surface area (Å²) in [5.41, 5.74) is 0.265. The maximum atomic E-state index is 13.6. The lowest BCUT2D eigenvalue weighted by molar-refractivity contribution is -0.145. The Morgan fingerprint density at radius 2 is 1.78 bits per heavy atom. The number of hydrogen-bond acceptors (Lipinski definition) is 4. The van der Waals surface area contributed by atoms with Crippen molar-refractivity contribution in [3.63, 3.8) is 0 Å². The average Bonchev–Trinajstić information content (AvgIpc) is 3.06. The number of ketones is 1. The summed E-state index contributed by atoms with van der Waals surface area (Å²) < 4.78 is 35.2. The second kappa shape index (κ2) is 6.98. The maximum Gasteiger partial charge on any atom is 0.245 e. The molecule has 1 aromatic rings. The molecule has 0 unspecified atom stereocenters. The van der Waals surface area contributed by atoms with E-state index in [2.05, 4.69) is 0 Å². The molecule has 5 nitrogen and oxygen atoms in total. The van der Waals surface area contributed by atoms with E-state index in [0.29, 0.717) is 17.7 Å². The van der Waals surface area contributed by atoms with Crippen LogP contribution in [0.5, 0.6) is 0 Å². The zero-order valence-corrected chi connectivity index (χ0v) is 17.0. The van der Waals surface area contributed by atoms with Gasteiger partial charge in [-0.3, -0.25) is 4.79 Å². The number of benzene rings is 1. The van der Waals surface area contributed by atoms with Gasteiger partial charge in [-0.2, -0.15) is 4.31 Å². The van der Waals surface area contributed by atoms with Crippen molar-refractivity contribution in [3.8, 4) is 0 Å². The Morgan fingerprint density at radius 1 is 1.07 bits per heavy atom. The van der Waals surface area contributed by atoms with Crippen LogP contribution in [0, 0.1) is 12.3 Å². The number of nitrogens with zero attached hydrogens (tertiary/aromatic N) is 1. The molecule has 1 aromatic carbocycles. The molecular formula is C21H29NO4S. The van der Waals surface area contributed by atoms with Gasteiger partial charge in [-0.15, -0.1) is 0 Å². The van der Waals surface area contributed by atoms with Gasteiger partial charge in [0.15, 0.2) is 0 Å². The van der Waals surface area contributed by atoms with Crippen molar-refractivity contribution < 1.29 is 17.9 Å². The van der Waals surface area contributed by atoms with Gasteiger partial charge in [0.1, 0.15) is 12.0 Å². The zero-order chi connectivity index (χ0) is 19.2. The maximum absolute atomic E-state index is 13.6. The Labute approximate surface area is 162 Å². The van der Waals surface area contributed by atoms with E-state index < -0.39 is 21.7 Å². The highest BCUT2D eigenvalue weighted by Gasteiger charge is 2.58. The molecule has 4 atom stereocenters. The largest absolute Gasteiger partial charge is 0.356 e. The normalized spacial score (nSPS) is 35.2. The first-order chi connectivity index (χ1) is 12.8. The fourth-order valence-corrected chi connectivity index (χ4v) is 6.81. The number of ether oxygens (including phenoxy) is 1. The van der Waals surface area contributed by atoms with E-state index in [9.17, 15) is 13.2 Å². The van der Waals surface area contributed by atoms with Gasteiger partial charge >= 0.3 is 0 Å². The van der Waals surface area contributed by atoms with Gasteiger partial charge in [0.2, 0.25) is 10.0 Å². The first kappa shape index (κ1) is 19.1. The molecule has 1 heterocycles. The summed E-state index contributed by atoms with van der Waals surface area (Å²) in [6, 6.07) is 6.82. The van der Waals surface area contributed by atoms with Crippen LogP contribution >= 0.6 is 0 Å².